The first-order valence-electron chi connectivity index (χ1n) is 6.48. The van der Waals surface area contributed by atoms with E-state index in [4.69, 9.17) is 0 Å². The molecule has 1 atom stereocenters. The van der Waals surface area contributed by atoms with Crippen molar-refractivity contribution >= 4 is 5.91 Å². The molecule has 0 saturated carbocycles. The molecule has 0 aliphatic heterocycles. The first kappa shape index (κ1) is 15.0. The predicted molar refractivity (Wildman–Crippen MR) is 71.5 cm³/mol. The van der Waals surface area contributed by atoms with Gasteiger partial charge in [-0.25, -0.2) is 9.07 Å². The van der Waals surface area contributed by atoms with Crippen molar-refractivity contribution in [3.8, 4) is 0 Å². The van der Waals surface area contributed by atoms with Crippen LogP contribution in [0.3, 0.4) is 0 Å². The molecular formula is C13H16FN5O2. The maximum absolute atomic E-state index is 12.9. The SMILES string of the molecule is Cc1nnnn1CCC(=O)N[C@@H](CO)c1ccc(F)cc1. The number of halogens is 1. The Morgan fingerprint density at radius 1 is 1.43 bits per heavy atom. The molecule has 0 aliphatic carbocycles. The summed E-state index contributed by atoms with van der Waals surface area (Å²) < 4.78 is 14.4. The van der Waals surface area contributed by atoms with E-state index in [1.807, 2.05) is 0 Å². The first-order valence-corrected chi connectivity index (χ1v) is 6.48. The summed E-state index contributed by atoms with van der Waals surface area (Å²) in [6.07, 6.45) is 0.184. The number of aromatic nitrogens is 4. The third-order valence-electron chi connectivity index (χ3n) is 3.05. The standard InChI is InChI=1S/C13H16FN5O2/c1-9-16-17-18-19(9)7-6-13(21)15-12(8-20)10-2-4-11(14)5-3-10/h2-5,12,20H,6-8H2,1H3,(H,15,21)/t12-/m0/s1. The van der Waals surface area contributed by atoms with Crippen molar-refractivity contribution in [1.82, 2.24) is 25.5 Å². The van der Waals surface area contributed by atoms with Crippen LogP contribution in [0.5, 0.6) is 0 Å². The number of hydrogen-bond donors (Lipinski definition) is 2. The summed E-state index contributed by atoms with van der Waals surface area (Å²) >= 11 is 0. The third kappa shape index (κ3) is 4.06. The van der Waals surface area contributed by atoms with E-state index in [-0.39, 0.29) is 24.8 Å². The van der Waals surface area contributed by atoms with E-state index < -0.39 is 6.04 Å². The summed E-state index contributed by atoms with van der Waals surface area (Å²) in [5, 5.41) is 23.0. The predicted octanol–water partition coefficient (Wildman–Crippen LogP) is 0.361. The van der Waals surface area contributed by atoms with E-state index >= 15 is 0 Å². The minimum Gasteiger partial charge on any atom is -0.394 e. The van der Waals surface area contributed by atoms with Crippen molar-refractivity contribution in [2.45, 2.75) is 25.9 Å². The molecule has 0 radical (unpaired) electrons. The van der Waals surface area contributed by atoms with Crippen LogP contribution in [-0.4, -0.2) is 37.8 Å². The fraction of sp³-hybridized carbons (Fsp3) is 0.385. The monoisotopic (exact) mass is 293 g/mol. The highest BCUT2D eigenvalue weighted by atomic mass is 19.1. The molecule has 0 unspecified atom stereocenters. The Hall–Kier alpha value is -2.35. The number of nitrogens with zero attached hydrogens (tertiary/aromatic N) is 4. The van der Waals surface area contributed by atoms with Crippen LogP contribution in [0.25, 0.3) is 0 Å². The van der Waals surface area contributed by atoms with Gasteiger partial charge in [-0.2, -0.15) is 0 Å². The van der Waals surface area contributed by atoms with Crippen molar-refractivity contribution in [2.24, 2.45) is 0 Å². The lowest BCUT2D eigenvalue weighted by Gasteiger charge is -2.16. The molecule has 2 aromatic rings. The second kappa shape index (κ2) is 6.89. The smallest absolute Gasteiger partial charge is 0.222 e. The lowest BCUT2D eigenvalue weighted by atomic mass is 10.1. The number of amides is 1. The average Bonchev–Trinajstić information content (AvgIpc) is 2.89. The van der Waals surface area contributed by atoms with E-state index in [1.54, 1.807) is 6.92 Å². The number of aryl methyl sites for hydroxylation is 2. The molecule has 2 rings (SSSR count). The maximum atomic E-state index is 12.9. The highest BCUT2D eigenvalue weighted by Crippen LogP contribution is 2.13. The van der Waals surface area contributed by atoms with Gasteiger partial charge in [0.25, 0.3) is 0 Å². The highest BCUT2D eigenvalue weighted by molar-refractivity contribution is 5.76. The summed E-state index contributed by atoms with van der Waals surface area (Å²) in [7, 11) is 0. The summed E-state index contributed by atoms with van der Waals surface area (Å²) in [5.74, 6) is 0.0178. The Balaban J connectivity index is 1.90. The van der Waals surface area contributed by atoms with Gasteiger partial charge in [0.2, 0.25) is 5.91 Å². The summed E-state index contributed by atoms with van der Waals surface area (Å²) in [6, 6.07) is 5.07. The van der Waals surface area contributed by atoms with Crippen molar-refractivity contribution in [2.75, 3.05) is 6.61 Å². The number of tetrazole rings is 1. The fourth-order valence-electron chi connectivity index (χ4n) is 1.86. The molecule has 0 fully saturated rings. The van der Waals surface area contributed by atoms with E-state index in [1.165, 1.54) is 28.9 Å². The molecule has 0 spiro atoms. The van der Waals surface area contributed by atoms with Gasteiger partial charge >= 0.3 is 0 Å². The van der Waals surface area contributed by atoms with Gasteiger partial charge in [0.1, 0.15) is 11.6 Å². The molecular weight excluding hydrogens is 277 g/mol. The maximum Gasteiger partial charge on any atom is 0.222 e. The van der Waals surface area contributed by atoms with Crippen LogP contribution in [0.4, 0.5) is 4.39 Å². The molecule has 1 heterocycles. The highest BCUT2D eigenvalue weighted by Gasteiger charge is 2.14. The van der Waals surface area contributed by atoms with Gasteiger partial charge in [0, 0.05) is 6.42 Å². The zero-order valence-electron chi connectivity index (χ0n) is 11.5. The lowest BCUT2D eigenvalue weighted by Crippen LogP contribution is -2.31. The molecule has 21 heavy (non-hydrogen) atoms. The van der Waals surface area contributed by atoms with Gasteiger partial charge in [0.05, 0.1) is 19.2 Å². The van der Waals surface area contributed by atoms with Gasteiger partial charge < -0.3 is 10.4 Å². The minimum atomic E-state index is -0.562. The molecule has 7 nitrogen and oxygen atoms in total. The third-order valence-corrected chi connectivity index (χ3v) is 3.05. The zero-order valence-corrected chi connectivity index (χ0v) is 11.5. The van der Waals surface area contributed by atoms with Crippen molar-refractivity contribution < 1.29 is 14.3 Å². The zero-order chi connectivity index (χ0) is 15.2. The van der Waals surface area contributed by atoms with Crippen molar-refractivity contribution in [3.63, 3.8) is 0 Å². The Morgan fingerprint density at radius 3 is 2.71 bits per heavy atom. The van der Waals surface area contributed by atoms with E-state index in [9.17, 15) is 14.3 Å². The Morgan fingerprint density at radius 2 is 2.14 bits per heavy atom. The molecule has 0 bridgehead atoms. The van der Waals surface area contributed by atoms with Gasteiger partial charge in [-0.1, -0.05) is 12.1 Å². The topological polar surface area (TPSA) is 92.9 Å². The van der Waals surface area contributed by atoms with Crippen LogP contribution in [-0.2, 0) is 11.3 Å². The molecule has 112 valence electrons. The molecule has 0 saturated heterocycles. The lowest BCUT2D eigenvalue weighted by molar-refractivity contribution is -0.122. The average molecular weight is 293 g/mol. The van der Waals surface area contributed by atoms with Crippen LogP contribution in [0.1, 0.15) is 23.9 Å². The summed E-state index contributed by atoms with van der Waals surface area (Å²) in [6.45, 7) is 1.83. The number of aliphatic hydroxyl groups excluding tert-OH is 1. The number of benzene rings is 1. The van der Waals surface area contributed by atoms with Crippen LogP contribution in [0.2, 0.25) is 0 Å². The Bertz CT molecular complexity index is 599. The normalized spacial score (nSPS) is 12.1. The van der Waals surface area contributed by atoms with Gasteiger partial charge in [0.15, 0.2) is 0 Å². The number of carbonyl (C=O) groups excluding carboxylic acids is 1. The number of rotatable bonds is 6. The number of carbonyl (C=O) groups is 1. The largest absolute Gasteiger partial charge is 0.394 e. The Labute approximate surface area is 120 Å². The summed E-state index contributed by atoms with van der Waals surface area (Å²) in [5.41, 5.74) is 0.644. The molecule has 8 heteroatoms. The van der Waals surface area contributed by atoms with Crippen LogP contribution in [0.15, 0.2) is 24.3 Å². The van der Waals surface area contributed by atoms with Crippen LogP contribution >= 0.6 is 0 Å². The molecule has 1 aromatic carbocycles. The molecule has 1 aromatic heterocycles. The molecule has 1 amide bonds. The van der Waals surface area contributed by atoms with Gasteiger partial charge in [-0.15, -0.1) is 5.10 Å². The number of aliphatic hydroxyl groups is 1. The molecule has 2 N–H and O–H groups in total. The second-order valence-electron chi connectivity index (χ2n) is 4.55. The van der Waals surface area contributed by atoms with Crippen molar-refractivity contribution in [1.29, 1.82) is 0 Å². The second-order valence-corrected chi connectivity index (χ2v) is 4.55. The number of nitrogens with one attached hydrogen (secondary N) is 1. The van der Waals surface area contributed by atoms with Gasteiger partial charge in [-0.3, -0.25) is 4.79 Å². The van der Waals surface area contributed by atoms with Gasteiger partial charge in [-0.05, 0) is 35.0 Å². The molecule has 0 aliphatic rings. The van der Waals surface area contributed by atoms with E-state index in [0.29, 0.717) is 17.9 Å². The van der Waals surface area contributed by atoms with Crippen LogP contribution in [0, 0.1) is 12.7 Å². The number of hydrogen-bond acceptors (Lipinski definition) is 5. The minimum absolute atomic E-state index is 0.184. The van der Waals surface area contributed by atoms with Crippen LogP contribution < -0.4 is 5.32 Å². The van der Waals surface area contributed by atoms with Crippen molar-refractivity contribution in [3.05, 3.63) is 41.5 Å². The van der Waals surface area contributed by atoms with E-state index in [2.05, 4.69) is 20.8 Å². The Kier molecular flexibility index (Phi) is 4.94. The first-order chi connectivity index (χ1) is 10.1. The fourth-order valence-corrected chi connectivity index (χ4v) is 1.86. The quantitative estimate of drug-likeness (QED) is 0.802. The van der Waals surface area contributed by atoms with E-state index in [0.717, 1.165) is 0 Å². The summed E-state index contributed by atoms with van der Waals surface area (Å²) in [4.78, 5) is 11.9.